The van der Waals surface area contributed by atoms with Gasteiger partial charge in [-0.3, -0.25) is 4.98 Å². The number of benzene rings is 1. The number of nitrogens with zero attached hydrogens (tertiary/aromatic N) is 1. The molecule has 1 aromatic carbocycles. The zero-order valence-electron chi connectivity index (χ0n) is 10.0. The van der Waals surface area contributed by atoms with Crippen LogP contribution in [-0.4, -0.2) is 17.6 Å². The van der Waals surface area contributed by atoms with E-state index in [4.69, 9.17) is 0 Å². The van der Waals surface area contributed by atoms with Gasteiger partial charge in [-0.25, -0.2) is 0 Å². The van der Waals surface area contributed by atoms with Crippen molar-refractivity contribution in [3.8, 4) is 0 Å². The summed E-state index contributed by atoms with van der Waals surface area (Å²) >= 11 is 0. The van der Waals surface area contributed by atoms with Crippen molar-refractivity contribution in [2.45, 2.75) is 31.7 Å². The van der Waals surface area contributed by atoms with Gasteiger partial charge in [-0.15, -0.1) is 0 Å². The Kier molecular flexibility index (Phi) is 3.06. The zero-order valence-corrected chi connectivity index (χ0v) is 10.0. The predicted molar refractivity (Wildman–Crippen MR) is 71.1 cm³/mol. The quantitative estimate of drug-likeness (QED) is 0.793. The van der Waals surface area contributed by atoms with Gasteiger partial charge >= 0.3 is 0 Å². The largest absolute Gasteiger partial charge is 0.314 e. The highest BCUT2D eigenvalue weighted by Gasteiger charge is 2.19. The molecule has 1 fully saturated rings. The Morgan fingerprint density at radius 2 is 2.18 bits per heavy atom. The Hall–Kier alpha value is -1.41. The summed E-state index contributed by atoms with van der Waals surface area (Å²) in [7, 11) is 0. The SMILES string of the molecule is c1cnc2ccc(CCCNC3CC3)cc2c1. The fourth-order valence-corrected chi connectivity index (χ4v) is 2.17. The average molecular weight is 226 g/mol. The van der Waals surface area contributed by atoms with E-state index in [9.17, 15) is 0 Å². The first-order valence-corrected chi connectivity index (χ1v) is 6.49. The lowest BCUT2D eigenvalue weighted by Crippen LogP contribution is -2.17. The highest BCUT2D eigenvalue weighted by Crippen LogP contribution is 2.18. The molecule has 2 heteroatoms. The van der Waals surface area contributed by atoms with Crippen LogP contribution in [0.3, 0.4) is 0 Å². The lowest BCUT2D eigenvalue weighted by molar-refractivity contribution is 0.646. The van der Waals surface area contributed by atoms with E-state index in [0.29, 0.717) is 0 Å². The summed E-state index contributed by atoms with van der Waals surface area (Å²) in [4.78, 5) is 4.34. The van der Waals surface area contributed by atoms with Gasteiger partial charge in [-0.05, 0) is 56.0 Å². The number of aryl methyl sites for hydroxylation is 1. The molecule has 0 spiro atoms. The normalized spacial score (nSPS) is 15.3. The van der Waals surface area contributed by atoms with Crippen molar-refractivity contribution in [3.05, 3.63) is 42.1 Å². The van der Waals surface area contributed by atoms with Crippen LogP contribution in [0.4, 0.5) is 0 Å². The maximum Gasteiger partial charge on any atom is 0.0702 e. The van der Waals surface area contributed by atoms with Gasteiger partial charge in [0.25, 0.3) is 0 Å². The number of nitrogens with one attached hydrogen (secondary N) is 1. The van der Waals surface area contributed by atoms with Crippen LogP contribution >= 0.6 is 0 Å². The van der Waals surface area contributed by atoms with Crippen LogP contribution in [0.5, 0.6) is 0 Å². The molecule has 1 heterocycles. The predicted octanol–water partition coefficient (Wildman–Crippen LogP) is 2.92. The maximum atomic E-state index is 4.34. The van der Waals surface area contributed by atoms with Crippen LogP contribution < -0.4 is 5.32 Å². The van der Waals surface area contributed by atoms with Crippen molar-refractivity contribution in [3.63, 3.8) is 0 Å². The van der Waals surface area contributed by atoms with E-state index in [-0.39, 0.29) is 0 Å². The molecule has 1 saturated carbocycles. The molecule has 17 heavy (non-hydrogen) atoms. The molecule has 1 aliphatic rings. The molecule has 1 N–H and O–H groups in total. The van der Waals surface area contributed by atoms with E-state index in [1.165, 1.54) is 30.2 Å². The van der Waals surface area contributed by atoms with Gasteiger partial charge in [0.2, 0.25) is 0 Å². The Bertz CT molecular complexity index is 503. The third kappa shape index (κ3) is 2.83. The first kappa shape index (κ1) is 10.7. The highest BCUT2D eigenvalue weighted by molar-refractivity contribution is 5.78. The number of fused-ring (bicyclic) bond motifs is 1. The van der Waals surface area contributed by atoms with Crippen LogP contribution in [0.15, 0.2) is 36.5 Å². The van der Waals surface area contributed by atoms with Crippen LogP contribution in [-0.2, 0) is 6.42 Å². The van der Waals surface area contributed by atoms with Gasteiger partial charge in [0.05, 0.1) is 5.52 Å². The smallest absolute Gasteiger partial charge is 0.0702 e. The van der Waals surface area contributed by atoms with E-state index in [1.54, 1.807) is 0 Å². The minimum absolute atomic E-state index is 0.829. The van der Waals surface area contributed by atoms with Gasteiger partial charge in [0.1, 0.15) is 0 Å². The molecule has 2 aromatic rings. The summed E-state index contributed by atoms with van der Waals surface area (Å²) in [5.41, 5.74) is 2.51. The summed E-state index contributed by atoms with van der Waals surface area (Å²) < 4.78 is 0. The molecule has 0 aliphatic heterocycles. The fraction of sp³-hybridized carbons (Fsp3) is 0.400. The molecule has 2 nitrogen and oxygen atoms in total. The Balaban J connectivity index is 1.59. The first-order chi connectivity index (χ1) is 8.42. The van der Waals surface area contributed by atoms with Crippen LogP contribution in [0.2, 0.25) is 0 Å². The number of aromatic nitrogens is 1. The Morgan fingerprint density at radius 1 is 1.24 bits per heavy atom. The third-order valence-corrected chi connectivity index (χ3v) is 3.32. The topological polar surface area (TPSA) is 24.9 Å². The van der Waals surface area contributed by atoms with E-state index in [2.05, 4.69) is 34.6 Å². The number of hydrogen-bond acceptors (Lipinski definition) is 2. The minimum Gasteiger partial charge on any atom is -0.314 e. The van der Waals surface area contributed by atoms with E-state index < -0.39 is 0 Å². The van der Waals surface area contributed by atoms with Crippen LogP contribution in [0.25, 0.3) is 10.9 Å². The minimum atomic E-state index is 0.829. The first-order valence-electron chi connectivity index (χ1n) is 6.49. The fourth-order valence-electron chi connectivity index (χ4n) is 2.17. The number of pyridine rings is 1. The summed E-state index contributed by atoms with van der Waals surface area (Å²) in [6.07, 6.45) is 6.98. The summed E-state index contributed by atoms with van der Waals surface area (Å²) in [6, 6.07) is 11.6. The summed E-state index contributed by atoms with van der Waals surface area (Å²) in [5.74, 6) is 0. The van der Waals surface area contributed by atoms with Crippen molar-refractivity contribution in [2.24, 2.45) is 0 Å². The number of hydrogen-bond donors (Lipinski definition) is 1. The Labute approximate surface area is 102 Å². The van der Waals surface area contributed by atoms with Crippen LogP contribution in [0, 0.1) is 0 Å². The lowest BCUT2D eigenvalue weighted by Gasteiger charge is -2.04. The van der Waals surface area contributed by atoms with Crippen molar-refractivity contribution < 1.29 is 0 Å². The van der Waals surface area contributed by atoms with Gasteiger partial charge in [-0.2, -0.15) is 0 Å². The second-order valence-electron chi connectivity index (χ2n) is 4.86. The average Bonchev–Trinajstić information content (AvgIpc) is 3.18. The molecule has 0 atom stereocenters. The van der Waals surface area contributed by atoms with Crippen molar-refractivity contribution in [1.82, 2.24) is 10.3 Å². The zero-order chi connectivity index (χ0) is 11.5. The van der Waals surface area contributed by atoms with Gasteiger partial charge < -0.3 is 5.32 Å². The standard InChI is InChI=1S/C15H18N2/c1(9-16-14-6-7-14)3-12-5-8-15-13(11-12)4-2-10-17-15/h2,4-5,8,10-11,14,16H,1,3,6-7,9H2. The molecule has 0 saturated heterocycles. The molecule has 0 radical (unpaired) electrons. The molecule has 1 aromatic heterocycles. The highest BCUT2D eigenvalue weighted by atomic mass is 14.9. The summed E-state index contributed by atoms with van der Waals surface area (Å²) in [5, 5.41) is 4.80. The van der Waals surface area contributed by atoms with E-state index in [1.807, 2.05) is 12.3 Å². The summed E-state index contributed by atoms with van der Waals surface area (Å²) in [6.45, 7) is 1.15. The second-order valence-corrected chi connectivity index (χ2v) is 4.86. The molecular formula is C15H18N2. The van der Waals surface area contributed by atoms with Crippen molar-refractivity contribution >= 4 is 10.9 Å². The molecule has 0 unspecified atom stereocenters. The molecule has 0 amide bonds. The third-order valence-electron chi connectivity index (χ3n) is 3.32. The monoisotopic (exact) mass is 226 g/mol. The molecule has 88 valence electrons. The number of rotatable bonds is 5. The van der Waals surface area contributed by atoms with E-state index >= 15 is 0 Å². The molecular weight excluding hydrogens is 208 g/mol. The van der Waals surface area contributed by atoms with Crippen LogP contribution in [0.1, 0.15) is 24.8 Å². The van der Waals surface area contributed by atoms with Gasteiger partial charge in [0, 0.05) is 17.6 Å². The second kappa shape index (κ2) is 4.84. The van der Waals surface area contributed by atoms with Gasteiger partial charge in [0.15, 0.2) is 0 Å². The molecule has 0 bridgehead atoms. The van der Waals surface area contributed by atoms with Crippen molar-refractivity contribution in [2.75, 3.05) is 6.54 Å². The van der Waals surface area contributed by atoms with Gasteiger partial charge in [-0.1, -0.05) is 12.1 Å². The molecule has 1 aliphatic carbocycles. The maximum absolute atomic E-state index is 4.34. The molecule has 3 rings (SSSR count). The lowest BCUT2D eigenvalue weighted by atomic mass is 10.1. The van der Waals surface area contributed by atoms with E-state index in [0.717, 1.165) is 24.5 Å². The van der Waals surface area contributed by atoms with Crippen molar-refractivity contribution in [1.29, 1.82) is 0 Å². The Morgan fingerprint density at radius 3 is 3.06 bits per heavy atom.